The van der Waals surface area contributed by atoms with Crippen LogP contribution in [0, 0.1) is 0 Å². The fraction of sp³-hybridized carbons (Fsp3) is 0.667. The van der Waals surface area contributed by atoms with Crippen LogP contribution in [0.1, 0.15) is 26.7 Å². The van der Waals surface area contributed by atoms with Crippen molar-refractivity contribution in [3.05, 3.63) is 11.3 Å². The number of carboxylic acids is 1. The van der Waals surface area contributed by atoms with E-state index in [0.717, 1.165) is 18.5 Å². The average molecular weight is 171 g/mol. The van der Waals surface area contributed by atoms with Crippen LogP contribution in [0.25, 0.3) is 0 Å². The van der Waals surface area contributed by atoms with E-state index in [-0.39, 0.29) is 0 Å². The van der Waals surface area contributed by atoms with Gasteiger partial charge in [-0.05, 0) is 13.3 Å². The van der Waals surface area contributed by atoms with E-state index in [0.29, 0.717) is 5.57 Å². The Kier molecular flexibility index (Phi) is 4.40. The summed E-state index contributed by atoms with van der Waals surface area (Å²) in [5, 5.41) is 8.74. The maximum Gasteiger partial charge on any atom is 0.333 e. The SMILES string of the molecule is CCCC(=C(C)C(=O)O)N(C)C. The molecule has 0 radical (unpaired) electrons. The number of carboxylic acid groups (broad SMARTS) is 1. The zero-order valence-corrected chi connectivity index (χ0v) is 8.22. The lowest BCUT2D eigenvalue weighted by Gasteiger charge is -2.18. The van der Waals surface area contributed by atoms with Crippen molar-refractivity contribution in [1.82, 2.24) is 4.90 Å². The molecule has 0 fully saturated rings. The summed E-state index contributed by atoms with van der Waals surface area (Å²) in [4.78, 5) is 12.5. The predicted octanol–water partition coefficient (Wildman–Crippen LogP) is 1.71. The highest BCUT2D eigenvalue weighted by molar-refractivity contribution is 5.86. The van der Waals surface area contributed by atoms with Gasteiger partial charge in [0, 0.05) is 19.8 Å². The van der Waals surface area contributed by atoms with Gasteiger partial charge in [-0.1, -0.05) is 13.3 Å². The Morgan fingerprint density at radius 1 is 1.42 bits per heavy atom. The maximum atomic E-state index is 10.6. The number of hydrogen-bond donors (Lipinski definition) is 1. The Morgan fingerprint density at radius 3 is 2.17 bits per heavy atom. The summed E-state index contributed by atoms with van der Waals surface area (Å²) in [6, 6.07) is 0. The van der Waals surface area contributed by atoms with Crippen LogP contribution in [0.5, 0.6) is 0 Å². The molecule has 0 saturated heterocycles. The molecule has 0 saturated carbocycles. The molecule has 0 atom stereocenters. The van der Waals surface area contributed by atoms with Crippen molar-refractivity contribution in [3.8, 4) is 0 Å². The Morgan fingerprint density at radius 2 is 1.92 bits per heavy atom. The van der Waals surface area contributed by atoms with E-state index in [1.54, 1.807) is 6.92 Å². The molecule has 0 unspecified atom stereocenters. The van der Waals surface area contributed by atoms with Crippen LogP contribution in [0.2, 0.25) is 0 Å². The van der Waals surface area contributed by atoms with E-state index in [1.165, 1.54) is 0 Å². The van der Waals surface area contributed by atoms with Gasteiger partial charge in [-0.2, -0.15) is 0 Å². The van der Waals surface area contributed by atoms with Gasteiger partial charge in [-0.25, -0.2) is 4.79 Å². The second kappa shape index (κ2) is 4.80. The number of carbonyl (C=O) groups is 1. The van der Waals surface area contributed by atoms with E-state index >= 15 is 0 Å². The first kappa shape index (κ1) is 11.0. The van der Waals surface area contributed by atoms with Gasteiger partial charge in [0.15, 0.2) is 0 Å². The summed E-state index contributed by atoms with van der Waals surface area (Å²) in [5.74, 6) is -0.827. The van der Waals surface area contributed by atoms with Gasteiger partial charge in [0.2, 0.25) is 0 Å². The Balaban J connectivity index is 4.67. The van der Waals surface area contributed by atoms with E-state index in [9.17, 15) is 4.79 Å². The minimum absolute atomic E-state index is 0.446. The summed E-state index contributed by atoms with van der Waals surface area (Å²) in [6.07, 6.45) is 1.79. The van der Waals surface area contributed by atoms with Crippen LogP contribution < -0.4 is 0 Å². The van der Waals surface area contributed by atoms with Crippen molar-refractivity contribution in [2.75, 3.05) is 14.1 Å². The van der Waals surface area contributed by atoms with Gasteiger partial charge in [0.1, 0.15) is 0 Å². The maximum absolute atomic E-state index is 10.6. The second-order valence-corrected chi connectivity index (χ2v) is 3.02. The monoisotopic (exact) mass is 171 g/mol. The molecule has 0 aliphatic carbocycles. The first-order valence-corrected chi connectivity index (χ1v) is 4.11. The molecule has 0 rings (SSSR count). The highest BCUT2D eigenvalue weighted by Gasteiger charge is 2.09. The lowest BCUT2D eigenvalue weighted by atomic mass is 10.1. The Bertz CT molecular complexity index is 195. The van der Waals surface area contributed by atoms with Crippen molar-refractivity contribution in [1.29, 1.82) is 0 Å². The minimum Gasteiger partial charge on any atom is -0.478 e. The molecule has 0 spiro atoms. The minimum atomic E-state index is -0.827. The third-order valence-corrected chi connectivity index (χ3v) is 1.78. The van der Waals surface area contributed by atoms with Crippen LogP contribution in [0.3, 0.4) is 0 Å². The molecule has 1 N–H and O–H groups in total. The van der Waals surface area contributed by atoms with Crippen LogP contribution >= 0.6 is 0 Å². The van der Waals surface area contributed by atoms with Crippen molar-refractivity contribution < 1.29 is 9.90 Å². The largest absolute Gasteiger partial charge is 0.478 e. The molecule has 0 amide bonds. The fourth-order valence-corrected chi connectivity index (χ4v) is 1.11. The topological polar surface area (TPSA) is 40.5 Å². The van der Waals surface area contributed by atoms with Crippen molar-refractivity contribution in [2.45, 2.75) is 26.7 Å². The molecular weight excluding hydrogens is 154 g/mol. The van der Waals surface area contributed by atoms with Crippen LogP contribution in [-0.4, -0.2) is 30.1 Å². The zero-order chi connectivity index (χ0) is 9.72. The molecule has 3 heteroatoms. The van der Waals surface area contributed by atoms with Crippen LogP contribution in [0.4, 0.5) is 0 Å². The number of aliphatic carboxylic acids is 1. The first-order valence-electron chi connectivity index (χ1n) is 4.11. The normalized spacial score (nSPS) is 12.3. The molecule has 0 aromatic heterocycles. The Labute approximate surface area is 73.7 Å². The lowest BCUT2D eigenvalue weighted by molar-refractivity contribution is -0.132. The van der Waals surface area contributed by atoms with E-state index in [4.69, 9.17) is 5.11 Å². The average Bonchev–Trinajstić information content (AvgIpc) is 1.98. The molecule has 12 heavy (non-hydrogen) atoms. The number of nitrogens with zero attached hydrogens (tertiary/aromatic N) is 1. The van der Waals surface area contributed by atoms with Gasteiger partial charge in [0.25, 0.3) is 0 Å². The summed E-state index contributed by atoms with van der Waals surface area (Å²) in [6.45, 7) is 3.69. The van der Waals surface area contributed by atoms with Gasteiger partial charge in [-0.15, -0.1) is 0 Å². The Hall–Kier alpha value is -0.990. The smallest absolute Gasteiger partial charge is 0.333 e. The van der Waals surface area contributed by atoms with Gasteiger partial charge in [-0.3, -0.25) is 0 Å². The second-order valence-electron chi connectivity index (χ2n) is 3.02. The van der Waals surface area contributed by atoms with Gasteiger partial charge < -0.3 is 10.0 Å². The molecule has 0 aliphatic heterocycles. The van der Waals surface area contributed by atoms with Crippen molar-refractivity contribution >= 4 is 5.97 Å². The molecule has 0 bridgehead atoms. The number of allylic oxidation sites excluding steroid dienone is 1. The fourth-order valence-electron chi connectivity index (χ4n) is 1.11. The number of rotatable bonds is 4. The summed E-state index contributed by atoms with van der Waals surface area (Å²) >= 11 is 0. The van der Waals surface area contributed by atoms with Crippen LogP contribution in [-0.2, 0) is 4.79 Å². The van der Waals surface area contributed by atoms with E-state index in [1.807, 2.05) is 25.9 Å². The highest BCUT2D eigenvalue weighted by Crippen LogP contribution is 2.13. The molecule has 0 aliphatic rings. The molecular formula is C9H17NO2. The van der Waals surface area contributed by atoms with Crippen molar-refractivity contribution in [2.24, 2.45) is 0 Å². The summed E-state index contributed by atoms with van der Waals surface area (Å²) in [7, 11) is 3.74. The van der Waals surface area contributed by atoms with Gasteiger partial charge >= 0.3 is 5.97 Å². The van der Waals surface area contributed by atoms with E-state index in [2.05, 4.69) is 0 Å². The summed E-state index contributed by atoms with van der Waals surface area (Å²) in [5.41, 5.74) is 1.35. The lowest BCUT2D eigenvalue weighted by Crippen LogP contribution is -2.16. The number of hydrogen-bond acceptors (Lipinski definition) is 2. The predicted molar refractivity (Wildman–Crippen MR) is 48.9 cm³/mol. The third kappa shape index (κ3) is 2.95. The molecule has 0 aromatic carbocycles. The first-order chi connectivity index (χ1) is 5.50. The molecule has 70 valence electrons. The molecule has 3 nitrogen and oxygen atoms in total. The standard InChI is InChI=1S/C9H17NO2/c1-5-6-8(10(3)4)7(2)9(11)12/h5-6H2,1-4H3,(H,11,12). The summed E-state index contributed by atoms with van der Waals surface area (Å²) < 4.78 is 0. The zero-order valence-electron chi connectivity index (χ0n) is 8.22. The van der Waals surface area contributed by atoms with E-state index < -0.39 is 5.97 Å². The van der Waals surface area contributed by atoms with Gasteiger partial charge in [0.05, 0.1) is 5.57 Å². The van der Waals surface area contributed by atoms with Crippen LogP contribution in [0.15, 0.2) is 11.3 Å². The van der Waals surface area contributed by atoms with Crippen molar-refractivity contribution in [3.63, 3.8) is 0 Å². The highest BCUT2D eigenvalue weighted by atomic mass is 16.4. The molecule has 0 heterocycles. The third-order valence-electron chi connectivity index (χ3n) is 1.78. The molecule has 0 aromatic rings. The quantitative estimate of drug-likeness (QED) is 0.654.